The molecule has 2 nitrogen and oxygen atoms in total. The monoisotopic (exact) mass is 136 g/mol. The summed E-state index contributed by atoms with van der Waals surface area (Å²) in [5, 5.41) is 0. The molecule has 0 radical (unpaired) electrons. The molecule has 0 rings (SSSR count). The Morgan fingerprint density at radius 2 is 1.33 bits per heavy atom. The van der Waals surface area contributed by atoms with Gasteiger partial charge in [0.25, 0.3) is 0 Å². The average molecular weight is 137 g/mol. The van der Waals surface area contributed by atoms with Crippen LogP contribution in [0.3, 0.4) is 0 Å². The summed E-state index contributed by atoms with van der Waals surface area (Å²) >= 11 is 0. The van der Waals surface area contributed by atoms with E-state index in [2.05, 4.69) is 11.5 Å². The molecular formula is C2H10Cl2N2. The average Bonchev–Trinajstić information content (AvgIpc) is 1.25. The summed E-state index contributed by atoms with van der Waals surface area (Å²) in [6, 6.07) is 0. The van der Waals surface area contributed by atoms with Crippen molar-refractivity contribution in [3.05, 3.63) is 0 Å². The van der Waals surface area contributed by atoms with Crippen LogP contribution in [0.4, 0.5) is 0 Å². The van der Waals surface area contributed by atoms with Gasteiger partial charge in [0.1, 0.15) is 0 Å². The van der Waals surface area contributed by atoms with Gasteiger partial charge in [0.05, 0.1) is 0 Å². The van der Waals surface area contributed by atoms with Crippen molar-refractivity contribution in [2.24, 2.45) is 11.5 Å². The molecule has 0 heterocycles. The van der Waals surface area contributed by atoms with Crippen LogP contribution in [0.5, 0.6) is 0 Å². The van der Waals surface area contributed by atoms with E-state index in [1.807, 2.05) is 0 Å². The molecule has 0 aliphatic rings. The third-order valence-electron chi connectivity index (χ3n) is 0.0833. The van der Waals surface area contributed by atoms with Gasteiger partial charge in [-0.05, 0) is 0 Å². The first kappa shape index (κ1) is 3.50. The molecule has 0 atom stereocenters. The SMILES string of the molecule is Cl.Cl.[2H]C([2H])(N)C([2H])([2H])N. The van der Waals surface area contributed by atoms with E-state index in [9.17, 15) is 0 Å². The molecular weight excluding hydrogens is 123 g/mol. The Labute approximate surface area is 55.7 Å². The largest absolute Gasteiger partial charge is 0.329 e. The zero-order valence-electron chi connectivity index (χ0n) is 6.97. The molecule has 0 fully saturated rings. The van der Waals surface area contributed by atoms with Crippen molar-refractivity contribution in [1.29, 1.82) is 0 Å². The normalized spacial score (nSPS) is 19.7. The summed E-state index contributed by atoms with van der Waals surface area (Å²) in [5.74, 6) is 0. The topological polar surface area (TPSA) is 52.0 Å². The zero-order chi connectivity index (χ0) is 7.00. The first-order chi connectivity index (χ1) is 3.25. The van der Waals surface area contributed by atoms with Gasteiger partial charge in [-0.25, -0.2) is 0 Å². The maximum absolute atomic E-state index is 6.53. The van der Waals surface area contributed by atoms with Crippen LogP contribution in [0.1, 0.15) is 5.48 Å². The number of nitrogens with two attached hydrogens (primary N) is 2. The fourth-order valence-corrected chi connectivity index (χ4v) is 0. The van der Waals surface area contributed by atoms with Gasteiger partial charge in [0.15, 0.2) is 0 Å². The summed E-state index contributed by atoms with van der Waals surface area (Å²) in [4.78, 5) is 0. The summed E-state index contributed by atoms with van der Waals surface area (Å²) < 4.78 is 26.1. The lowest BCUT2D eigenvalue weighted by Crippen LogP contribution is -2.11. The second kappa shape index (κ2) is 17.8. The van der Waals surface area contributed by atoms with E-state index >= 15 is 0 Å². The van der Waals surface area contributed by atoms with Crippen LogP contribution >= 0.6 is 24.8 Å². The molecule has 0 aromatic carbocycles. The van der Waals surface area contributed by atoms with E-state index in [-0.39, 0.29) is 24.8 Å². The van der Waals surface area contributed by atoms with Crippen LogP contribution in [0, 0.1) is 0 Å². The first-order valence-corrected chi connectivity index (χ1v) is 0.827. The smallest absolute Gasteiger partial charge is 0.0439 e. The Morgan fingerprint density at radius 3 is 1.33 bits per heavy atom. The Balaban J connectivity index is -0.000000245. The quantitative estimate of drug-likeness (QED) is 0.523. The van der Waals surface area contributed by atoms with Crippen LogP contribution in [0.2, 0.25) is 0 Å². The van der Waals surface area contributed by atoms with Gasteiger partial charge >= 0.3 is 0 Å². The molecule has 42 valence electrons. The fraction of sp³-hybridized carbons (Fsp3) is 1.00. The van der Waals surface area contributed by atoms with Crippen LogP contribution in [0.25, 0.3) is 0 Å². The molecule has 0 aromatic heterocycles. The van der Waals surface area contributed by atoms with Crippen molar-refractivity contribution in [2.75, 3.05) is 13.0 Å². The minimum Gasteiger partial charge on any atom is -0.329 e. The third-order valence-corrected chi connectivity index (χ3v) is 0.0833. The third kappa shape index (κ3) is 24.5. The molecule has 0 amide bonds. The van der Waals surface area contributed by atoms with Gasteiger partial charge < -0.3 is 11.5 Å². The zero-order valence-corrected chi connectivity index (χ0v) is 4.60. The van der Waals surface area contributed by atoms with Gasteiger partial charge in [-0.15, -0.1) is 24.8 Å². The van der Waals surface area contributed by atoms with Crippen LogP contribution in [0.15, 0.2) is 0 Å². The molecule has 0 aliphatic heterocycles. The summed E-state index contributed by atoms with van der Waals surface area (Å²) in [6.07, 6.45) is 0. The van der Waals surface area contributed by atoms with Crippen LogP contribution in [-0.2, 0) is 0 Å². The standard InChI is InChI=1S/C2H8N2.2ClH/c3-1-2-4;;/h1-4H2;2*1H/i1D2,2D2;;. The number of halogens is 2. The highest BCUT2D eigenvalue weighted by atomic mass is 35.5. The van der Waals surface area contributed by atoms with E-state index < -0.39 is 13.0 Å². The number of hydrogen-bond donors (Lipinski definition) is 2. The molecule has 0 spiro atoms. The summed E-state index contributed by atoms with van der Waals surface area (Å²) in [5.41, 5.74) is 9.29. The molecule has 0 aliphatic carbocycles. The van der Waals surface area contributed by atoms with Crippen molar-refractivity contribution in [2.45, 2.75) is 0 Å². The van der Waals surface area contributed by atoms with Gasteiger partial charge in [-0.2, -0.15) is 0 Å². The highest BCUT2D eigenvalue weighted by Gasteiger charge is 1.54. The van der Waals surface area contributed by atoms with Crippen molar-refractivity contribution in [1.82, 2.24) is 0 Å². The predicted molar refractivity (Wildman–Crippen MR) is 32.6 cm³/mol. The number of rotatable bonds is 1. The predicted octanol–water partition coefficient (Wildman–Crippen LogP) is -0.253. The highest BCUT2D eigenvalue weighted by molar-refractivity contribution is 5.85. The van der Waals surface area contributed by atoms with Crippen molar-refractivity contribution in [3.63, 3.8) is 0 Å². The molecule has 0 aromatic rings. The maximum atomic E-state index is 6.53. The van der Waals surface area contributed by atoms with Crippen molar-refractivity contribution < 1.29 is 5.48 Å². The van der Waals surface area contributed by atoms with E-state index in [0.29, 0.717) is 0 Å². The van der Waals surface area contributed by atoms with E-state index in [1.54, 1.807) is 0 Å². The van der Waals surface area contributed by atoms with Crippen molar-refractivity contribution >= 4 is 24.8 Å². The fourth-order valence-electron chi connectivity index (χ4n) is 0. The van der Waals surface area contributed by atoms with Gasteiger partial charge in [-0.1, -0.05) is 0 Å². The Morgan fingerprint density at radius 1 is 1.17 bits per heavy atom. The van der Waals surface area contributed by atoms with Crippen molar-refractivity contribution in [3.8, 4) is 0 Å². The Hall–Kier alpha value is 0.500. The maximum Gasteiger partial charge on any atom is 0.0439 e. The lowest BCUT2D eigenvalue weighted by molar-refractivity contribution is 0.976. The Bertz CT molecular complexity index is 74.2. The first-order valence-electron chi connectivity index (χ1n) is 2.83. The summed E-state index contributed by atoms with van der Waals surface area (Å²) in [6.45, 7) is -4.90. The molecule has 0 bridgehead atoms. The highest BCUT2D eigenvalue weighted by Crippen LogP contribution is 1.24. The van der Waals surface area contributed by atoms with Crippen LogP contribution in [-0.4, -0.2) is 13.0 Å². The van der Waals surface area contributed by atoms with E-state index in [4.69, 9.17) is 5.48 Å². The molecule has 4 N–H and O–H groups in total. The summed E-state index contributed by atoms with van der Waals surface area (Å²) in [7, 11) is 0. The lowest BCUT2D eigenvalue weighted by Gasteiger charge is -1.72. The minimum atomic E-state index is -2.45. The van der Waals surface area contributed by atoms with E-state index in [0.717, 1.165) is 0 Å². The number of hydrogen-bond acceptors (Lipinski definition) is 2. The second-order valence-electron chi connectivity index (χ2n) is 0.289. The lowest BCUT2D eigenvalue weighted by atomic mass is 10.7. The van der Waals surface area contributed by atoms with Gasteiger partial charge in [0, 0.05) is 18.5 Å². The molecule has 6 heavy (non-hydrogen) atoms. The molecule has 4 heteroatoms. The minimum absolute atomic E-state index is 0. The molecule has 0 saturated carbocycles. The van der Waals surface area contributed by atoms with Gasteiger partial charge in [0.2, 0.25) is 0 Å². The Kier molecular flexibility index (Phi) is 10.4. The van der Waals surface area contributed by atoms with E-state index in [1.165, 1.54) is 0 Å². The second-order valence-corrected chi connectivity index (χ2v) is 0.289. The molecule has 0 saturated heterocycles. The van der Waals surface area contributed by atoms with Gasteiger partial charge in [-0.3, -0.25) is 0 Å². The van der Waals surface area contributed by atoms with Crippen LogP contribution < -0.4 is 11.5 Å². The molecule has 0 unspecified atom stereocenters.